The van der Waals surface area contributed by atoms with Crippen molar-refractivity contribution in [2.24, 2.45) is 5.73 Å². The van der Waals surface area contributed by atoms with E-state index in [1.165, 1.54) is 11.3 Å². The number of thiazole rings is 1. The van der Waals surface area contributed by atoms with Crippen LogP contribution in [0.4, 0.5) is 0 Å². The monoisotopic (exact) mass is 305 g/mol. The van der Waals surface area contributed by atoms with Gasteiger partial charge in [0, 0.05) is 23.7 Å². The number of nitrogens with two attached hydrogens (primary N) is 1. The van der Waals surface area contributed by atoms with Crippen LogP contribution in [0.3, 0.4) is 0 Å². The fourth-order valence-corrected chi connectivity index (χ4v) is 2.99. The average molecular weight is 305 g/mol. The quantitative estimate of drug-likeness (QED) is 0.846. The first kappa shape index (κ1) is 14.7. The van der Waals surface area contributed by atoms with Gasteiger partial charge in [-0.25, -0.2) is 4.98 Å². The Labute approximate surface area is 126 Å². The highest BCUT2D eigenvalue weighted by atomic mass is 32.1. The predicted molar refractivity (Wildman–Crippen MR) is 83.1 cm³/mol. The van der Waals surface area contributed by atoms with Crippen molar-refractivity contribution in [1.82, 2.24) is 10.3 Å². The lowest BCUT2D eigenvalue weighted by Gasteiger charge is -2.01. The SMILES string of the molecule is Cc1nc(CCNC(=O)c2csc(C#CCN)c2)cs1. The van der Waals surface area contributed by atoms with Crippen molar-refractivity contribution in [2.75, 3.05) is 13.1 Å². The molecule has 2 aromatic rings. The molecular weight excluding hydrogens is 290 g/mol. The summed E-state index contributed by atoms with van der Waals surface area (Å²) >= 11 is 3.07. The number of hydrogen-bond donors (Lipinski definition) is 2. The van der Waals surface area contributed by atoms with Crippen LogP contribution in [-0.4, -0.2) is 24.0 Å². The van der Waals surface area contributed by atoms with Crippen LogP contribution in [0.1, 0.15) is 25.9 Å². The van der Waals surface area contributed by atoms with Gasteiger partial charge in [-0.3, -0.25) is 4.79 Å². The van der Waals surface area contributed by atoms with Gasteiger partial charge in [0.05, 0.1) is 27.7 Å². The van der Waals surface area contributed by atoms with Gasteiger partial charge in [0.1, 0.15) is 0 Å². The second kappa shape index (κ2) is 7.20. The molecule has 3 N–H and O–H groups in total. The highest BCUT2D eigenvalue weighted by Gasteiger charge is 2.07. The summed E-state index contributed by atoms with van der Waals surface area (Å²) in [5.74, 6) is 5.62. The molecule has 0 fully saturated rings. The Bertz CT molecular complexity index is 649. The molecule has 2 heterocycles. The third kappa shape index (κ3) is 4.17. The molecular formula is C14H15N3OS2. The molecule has 104 valence electrons. The summed E-state index contributed by atoms with van der Waals surface area (Å²) in [7, 11) is 0. The van der Waals surface area contributed by atoms with Gasteiger partial charge in [-0.05, 0) is 13.0 Å². The number of carbonyl (C=O) groups excluding carboxylic acids is 1. The fraction of sp³-hybridized carbons (Fsp3) is 0.286. The Morgan fingerprint density at radius 2 is 2.30 bits per heavy atom. The van der Waals surface area contributed by atoms with Crippen molar-refractivity contribution < 1.29 is 4.79 Å². The molecule has 0 radical (unpaired) electrons. The lowest BCUT2D eigenvalue weighted by Crippen LogP contribution is -2.25. The van der Waals surface area contributed by atoms with E-state index in [0.717, 1.165) is 22.0 Å². The van der Waals surface area contributed by atoms with E-state index in [2.05, 4.69) is 22.1 Å². The minimum atomic E-state index is -0.0750. The zero-order chi connectivity index (χ0) is 14.4. The van der Waals surface area contributed by atoms with Crippen LogP contribution in [0, 0.1) is 18.8 Å². The smallest absolute Gasteiger partial charge is 0.252 e. The zero-order valence-electron chi connectivity index (χ0n) is 11.1. The van der Waals surface area contributed by atoms with Crippen molar-refractivity contribution >= 4 is 28.6 Å². The van der Waals surface area contributed by atoms with Gasteiger partial charge >= 0.3 is 0 Å². The molecule has 0 saturated heterocycles. The molecule has 0 spiro atoms. The van der Waals surface area contributed by atoms with Gasteiger partial charge in [-0.1, -0.05) is 11.8 Å². The summed E-state index contributed by atoms with van der Waals surface area (Å²) in [5, 5.41) is 7.76. The first-order valence-corrected chi connectivity index (χ1v) is 7.91. The number of amides is 1. The maximum atomic E-state index is 11.9. The summed E-state index contributed by atoms with van der Waals surface area (Å²) in [6.07, 6.45) is 0.750. The molecule has 1 amide bonds. The topological polar surface area (TPSA) is 68.0 Å². The van der Waals surface area contributed by atoms with Gasteiger partial charge in [-0.15, -0.1) is 22.7 Å². The molecule has 4 nitrogen and oxygen atoms in total. The first-order valence-electron chi connectivity index (χ1n) is 6.15. The van der Waals surface area contributed by atoms with Crippen LogP contribution in [0.2, 0.25) is 0 Å². The normalized spacial score (nSPS) is 9.90. The molecule has 0 saturated carbocycles. The second-order valence-electron chi connectivity index (χ2n) is 4.07. The van der Waals surface area contributed by atoms with Gasteiger partial charge in [0.15, 0.2) is 0 Å². The van der Waals surface area contributed by atoms with Crippen LogP contribution in [-0.2, 0) is 6.42 Å². The molecule has 0 unspecified atom stereocenters. The van der Waals surface area contributed by atoms with Crippen molar-refractivity contribution in [3.63, 3.8) is 0 Å². The number of aromatic nitrogens is 1. The number of rotatable bonds is 4. The van der Waals surface area contributed by atoms with Crippen molar-refractivity contribution in [3.05, 3.63) is 38.0 Å². The molecule has 2 aromatic heterocycles. The highest BCUT2D eigenvalue weighted by molar-refractivity contribution is 7.10. The Hall–Kier alpha value is -1.68. The lowest BCUT2D eigenvalue weighted by molar-refractivity contribution is 0.0954. The van der Waals surface area contributed by atoms with E-state index in [1.54, 1.807) is 17.4 Å². The maximum absolute atomic E-state index is 11.9. The van der Waals surface area contributed by atoms with Crippen molar-refractivity contribution in [2.45, 2.75) is 13.3 Å². The zero-order valence-corrected chi connectivity index (χ0v) is 12.7. The number of nitrogens with one attached hydrogen (secondary N) is 1. The molecule has 6 heteroatoms. The molecule has 0 aliphatic carbocycles. The number of nitrogens with zero attached hydrogens (tertiary/aromatic N) is 1. The molecule has 20 heavy (non-hydrogen) atoms. The molecule has 0 aliphatic rings. The van der Waals surface area contributed by atoms with E-state index in [9.17, 15) is 4.79 Å². The maximum Gasteiger partial charge on any atom is 0.252 e. The Morgan fingerprint density at radius 1 is 1.45 bits per heavy atom. The standard InChI is InChI=1S/C14H15N3OS2/c1-10-17-12(9-19-10)4-6-16-14(18)11-7-13(20-8-11)3-2-5-15/h7-9H,4-6,15H2,1H3,(H,16,18). The van der Waals surface area contributed by atoms with Crippen LogP contribution >= 0.6 is 22.7 Å². The van der Waals surface area contributed by atoms with E-state index in [4.69, 9.17) is 5.73 Å². The van der Waals surface area contributed by atoms with Crippen LogP contribution in [0.15, 0.2) is 16.8 Å². The summed E-state index contributed by atoms with van der Waals surface area (Å²) in [6.45, 7) is 2.89. The Balaban J connectivity index is 1.84. The average Bonchev–Trinajstić information content (AvgIpc) is 3.05. The number of carbonyl (C=O) groups is 1. The van der Waals surface area contributed by atoms with E-state index >= 15 is 0 Å². The van der Waals surface area contributed by atoms with E-state index in [0.29, 0.717) is 18.7 Å². The van der Waals surface area contributed by atoms with Crippen LogP contribution in [0.5, 0.6) is 0 Å². The Morgan fingerprint density at radius 3 is 3.00 bits per heavy atom. The number of thiophene rings is 1. The predicted octanol–water partition coefficient (Wildman–Crippen LogP) is 1.80. The molecule has 0 aromatic carbocycles. The Kier molecular flexibility index (Phi) is 5.30. The largest absolute Gasteiger partial charge is 0.352 e. The molecule has 0 aliphatic heterocycles. The first-order chi connectivity index (χ1) is 9.69. The van der Waals surface area contributed by atoms with Gasteiger partial charge in [-0.2, -0.15) is 0 Å². The number of aryl methyl sites for hydroxylation is 1. The number of hydrogen-bond acceptors (Lipinski definition) is 5. The van der Waals surface area contributed by atoms with Crippen molar-refractivity contribution in [1.29, 1.82) is 0 Å². The lowest BCUT2D eigenvalue weighted by atomic mass is 10.2. The third-order valence-electron chi connectivity index (χ3n) is 2.51. The minimum absolute atomic E-state index is 0.0750. The second-order valence-corrected chi connectivity index (χ2v) is 6.04. The summed E-state index contributed by atoms with van der Waals surface area (Å²) < 4.78 is 0. The van der Waals surface area contributed by atoms with Crippen LogP contribution in [0.25, 0.3) is 0 Å². The van der Waals surface area contributed by atoms with E-state index < -0.39 is 0 Å². The van der Waals surface area contributed by atoms with Crippen LogP contribution < -0.4 is 11.1 Å². The minimum Gasteiger partial charge on any atom is -0.352 e. The molecule has 0 bridgehead atoms. The fourth-order valence-electron chi connectivity index (χ4n) is 1.59. The van der Waals surface area contributed by atoms with E-state index in [-0.39, 0.29) is 5.91 Å². The summed E-state index contributed by atoms with van der Waals surface area (Å²) in [5.41, 5.74) is 6.98. The molecule has 2 rings (SSSR count). The third-order valence-corrected chi connectivity index (χ3v) is 4.18. The summed E-state index contributed by atoms with van der Waals surface area (Å²) in [4.78, 5) is 17.1. The van der Waals surface area contributed by atoms with Gasteiger partial charge in [0.25, 0.3) is 5.91 Å². The summed E-state index contributed by atoms with van der Waals surface area (Å²) in [6, 6.07) is 1.79. The van der Waals surface area contributed by atoms with E-state index in [1.807, 2.05) is 17.7 Å². The highest BCUT2D eigenvalue weighted by Crippen LogP contribution is 2.13. The van der Waals surface area contributed by atoms with Gasteiger partial charge in [0.2, 0.25) is 0 Å². The van der Waals surface area contributed by atoms with Gasteiger partial charge < -0.3 is 11.1 Å². The molecule has 0 atom stereocenters. The van der Waals surface area contributed by atoms with Crippen molar-refractivity contribution in [3.8, 4) is 11.8 Å².